The number of aromatic nitrogens is 4. The molecule has 0 amide bonds. The molecule has 3 aromatic rings. The zero-order valence-corrected chi connectivity index (χ0v) is 10.8. The normalized spacial score (nSPS) is 11.2. The first-order valence-corrected chi connectivity index (χ1v) is 6.21. The first-order valence-electron chi connectivity index (χ1n) is 5.40. The van der Waals surface area contributed by atoms with Gasteiger partial charge in [0, 0.05) is 4.88 Å². The average Bonchev–Trinajstić information content (AvgIpc) is 2.83. The van der Waals surface area contributed by atoms with Gasteiger partial charge in [-0.15, -0.1) is 11.3 Å². The van der Waals surface area contributed by atoms with E-state index in [0.29, 0.717) is 22.8 Å². The van der Waals surface area contributed by atoms with Crippen molar-refractivity contribution in [1.29, 1.82) is 0 Å². The van der Waals surface area contributed by atoms with E-state index in [2.05, 4.69) is 19.9 Å². The molecular formula is C11H12N6S. The van der Waals surface area contributed by atoms with Crippen LogP contribution in [0.4, 0.5) is 10.8 Å². The molecule has 0 saturated heterocycles. The molecule has 0 atom stereocenters. The van der Waals surface area contributed by atoms with Gasteiger partial charge in [-0.3, -0.25) is 0 Å². The van der Waals surface area contributed by atoms with Crippen LogP contribution in [-0.2, 0) is 0 Å². The van der Waals surface area contributed by atoms with Gasteiger partial charge in [0.25, 0.3) is 0 Å². The summed E-state index contributed by atoms with van der Waals surface area (Å²) in [6.45, 7) is 4.07. The van der Waals surface area contributed by atoms with E-state index in [0.717, 1.165) is 16.1 Å². The lowest BCUT2D eigenvalue weighted by atomic mass is 10.1. The van der Waals surface area contributed by atoms with Gasteiger partial charge in [0.15, 0.2) is 11.5 Å². The topological polar surface area (TPSA) is 106 Å². The number of anilines is 2. The van der Waals surface area contributed by atoms with Gasteiger partial charge in [0.2, 0.25) is 0 Å². The van der Waals surface area contributed by atoms with Crippen LogP contribution in [0.15, 0.2) is 6.33 Å². The molecule has 92 valence electrons. The Morgan fingerprint density at radius 2 is 2.00 bits per heavy atom. The van der Waals surface area contributed by atoms with E-state index in [9.17, 15) is 0 Å². The number of H-pyrrole nitrogens is 1. The monoisotopic (exact) mass is 260 g/mol. The summed E-state index contributed by atoms with van der Waals surface area (Å²) in [7, 11) is 0. The standard InChI is InChI=1S/C11H12N6S/c1-4-5(2)18-9(13)6(4)10-16-7-8(12)14-3-15-11(7)17-10/h3H,13H2,1-2H3,(H3,12,14,15,16,17). The van der Waals surface area contributed by atoms with Crippen LogP contribution < -0.4 is 11.5 Å². The van der Waals surface area contributed by atoms with E-state index in [1.54, 1.807) is 11.3 Å². The quantitative estimate of drug-likeness (QED) is 0.619. The van der Waals surface area contributed by atoms with Gasteiger partial charge in [-0.05, 0) is 19.4 Å². The van der Waals surface area contributed by atoms with Crippen LogP contribution in [-0.4, -0.2) is 19.9 Å². The number of hydrogen-bond acceptors (Lipinski definition) is 6. The molecule has 0 bridgehead atoms. The van der Waals surface area contributed by atoms with Crippen molar-refractivity contribution in [3.8, 4) is 11.4 Å². The van der Waals surface area contributed by atoms with E-state index in [1.165, 1.54) is 11.2 Å². The summed E-state index contributed by atoms with van der Waals surface area (Å²) < 4.78 is 0. The van der Waals surface area contributed by atoms with Gasteiger partial charge in [-0.1, -0.05) is 0 Å². The van der Waals surface area contributed by atoms with E-state index >= 15 is 0 Å². The van der Waals surface area contributed by atoms with E-state index in [1.807, 2.05) is 13.8 Å². The molecule has 0 aliphatic carbocycles. The van der Waals surface area contributed by atoms with Crippen molar-refractivity contribution >= 4 is 33.3 Å². The molecule has 3 heterocycles. The second-order valence-corrected chi connectivity index (χ2v) is 5.32. The molecule has 0 fully saturated rings. The maximum absolute atomic E-state index is 6.03. The summed E-state index contributed by atoms with van der Waals surface area (Å²) in [5.41, 5.74) is 15.1. The highest BCUT2D eigenvalue weighted by atomic mass is 32.1. The third-order valence-electron chi connectivity index (χ3n) is 2.97. The number of imidazole rings is 1. The van der Waals surface area contributed by atoms with Crippen LogP contribution >= 0.6 is 11.3 Å². The summed E-state index contributed by atoms with van der Waals surface area (Å²) in [5, 5.41) is 0.746. The summed E-state index contributed by atoms with van der Waals surface area (Å²) in [4.78, 5) is 16.8. The lowest BCUT2D eigenvalue weighted by Crippen LogP contribution is -1.91. The van der Waals surface area contributed by atoms with Crippen molar-refractivity contribution in [3.63, 3.8) is 0 Å². The van der Waals surface area contributed by atoms with Crippen LogP contribution in [0.2, 0.25) is 0 Å². The average molecular weight is 260 g/mol. The van der Waals surface area contributed by atoms with Crippen molar-refractivity contribution in [1.82, 2.24) is 19.9 Å². The Kier molecular flexibility index (Phi) is 2.24. The maximum atomic E-state index is 6.03. The molecule has 0 aliphatic rings. The fourth-order valence-corrected chi connectivity index (χ4v) is 2.85. The van der Waals surface area contributed by atoms with Gasteiger partial charge >= 0.3 is 0 Å². The van der Waals surface area contributed by atoms with Crippen LogP contribution in [0.5, 0.6) is 0 Å². The zero-order chi connectivity index (χ0) is 12.9. The smallest absolute Gasteiger partial charge is 0.183 e. The Balaban J connectivity index is 2.29. The molecule has 7 heteroatoms. The molecule has 0 unspecified atom stereocenters. The van der Waals surface area contributed by atoms with Gasteiger partial charge < -0.3 is 16.5 Å². The fraction of sp³-hybridized carbons (Fsp3) is 0.182. The number of nitrogens with zero attached hydrogens (tertiary/aromatic N) is 3. The number of aromatic amines is 1. The van der Waals surface area contributed by atoms with Crippen LogP contribution in [0.25, 0.3) is 22.6 Å². The molecule has 3 aromatic heterocycles. The zero-order valence-electron chi connectivity index (χ0n) is 9.98. The van der Waals surface area contributed by atoms with Gasteiger partial charge in [-0.2, -0.15) is 0 Å². The summed E-state index contributed by atoms with van der Waals surface area (Å²) in [6.07, 6.45) is 1.40. The molecule has 0 spiro atoms. The molecule has 5 N–H and O–H groups in total. The number of fused-ring (bicyclic) bond motifs is 1. The van der Waals surface area contributed by atoms with Crippen LogP contribution in [0.3, 0.4) is 0 Å². The molecule has 6 nitrogen and oxygen atoms in total. The van der Waals surface area contributed by atoms with Crippen molar-refractivity contribution in [2.45, 2.75) is 13.8 Å². The number of thiophene rings is 1. The van der Waals surface area contributed by atoms with Crippen molar-refractivity contribution in [2.75, 3.05) is 11.5 Å². The minimum Gasteiger partial charge on any atom is -0.390 e. The highest BCUT2D eigenvalue weighted by Gasteiger charge is 2.17. The van der Waals surface area contributed by atoms with E-state index < -0.39 is 0 Å². The van der Waals surface area contributed by atoms with E-state index in [-0.39, 0.29) is 0 Å². The Bertz CT molecular complexity index is 741. The maximum Gasteiger partial charge on any atom is 0.183 e. The number of rotatable bonds is 1. The first kappa shape index (κ1) is 11.0. The largest absolute Gasteiger partial charge is 0.390 e. The van der Waals surface area contributed by atoms with Gasteiger partial charge in [0.1, 0.15) is 17.7 Å². The number of aryl methyl sites for hydroxylation is 1. The summed E-state index contributed by atoms with van der Waals surface area (Å²) in [6, 6.07) is 0. The molecule has 0 radical (unpaired) electrons. The molecule has 0 aromatic carbocycles. The number of nitrogens with two attached hydrogens (primary N) is 2. The van der Waals surface area contributed by atoms with Crippen molar-refractivity contribution in [2.24, 2.45) is 0 Å². The Morgan fingerprint density at radius 1 is 1.22 bits per heavy atom. The van der Waals surface area contributed by atoms with Crippen LogP contribution in [0, 0.1) is 13.8 Å². The lowest BCUT2D eigenvalue weighted by Gasteiger charge is -1.97. The number of hydrogen-bond donors (Lipinski definition) is 3. The molecule has 18 heavy (non-hydrogen) atoms. The van der Waals surface area contributed by atoms with Gasteiger partial charge in [-0.25, -0.2) is 15.0 Å². The van der Waals surface area contributed by atoms with Crippen LogP contribution in [0.1, 0.15) is 10.4 Å². The number of nitrogen functional groups attached to an aromatic ring is 2. The van der Waals surface area contributed by atoms with Crippen molar-refractivity contribution < 1.29 is 0 Å². The highest BCUT2D eigenvalue weighted by molar-refractivity contribution is 7.16. The summed E-state index contributed by atoms with van der Waals surface area (Å²) >= 11 is 1.56. The number of nitrogens with one attached hydrogen (secondary N) is 1. The fourth-order valence-electron chi connectivity index (χ4n) is 1.91. The third-order valence-corrected chi connectivity index (χ3v) is 4.00. The predicted molar refractivity (Wildman–Crippen MR) is 73.3 cm³/mol. The minimum atomic E-state index is 0.391. The van der Waals surface area contributed by atoms with E-state index in [4.69, 9.17) is 11.5 Å². The minimum absolute atomic E-state index is 0.391. The predicted octanol–water partition coefficient (Wildman–Crippen LogP) is 1.86. The lowest BCUT2D eigenvalue weighted by molar-refractivity contribution is 1.21. The highest BCUT2D eigenvalue weighted by Crippen LogP contribution is 2.37. The second kappa shape index (κ2) is 3.67. The molecule has 3 rings (SSSR count). The SMILES string of the molecule is Cc1sc(N)c(-c2nc3ncnc(N)c3[nH]2)c1C. The Labute approximate surface area is 107 Å². The van der Waals surface area contributed by atoms with Crippen molar-refractivity contribution in [3.05, 3.63) is 16.8 Å². The molecule has 0 saturated carbocycles. The molecular weight excluding hydrogens is 248 g/mol. The summed E-state index contributed by atoms with van der Waals surface area (Å²) in [5.74, 6) is 1.08. The Hall–Kier alpha value is -2.15. The third kappa shape index (κ3) is 1.44. The van der Waals surface area contributed by atoms with Gasteiger partial charge in [0.05, 0.1) is 10.6 Å². The second-order valence-electron chi connectivity index (χ2n) is 4.07. The molecule has 0 aliphatic heterocycles. The Morgan fingerprint density at radius 3 is 2.61 bits per heavy atom. The first-order chi connectivity index (χ1) is 8.58.